The summed E-state index contributed by atoms with van der Waals surface area (Å²) < 4.78 is 0. The van der Waals surface area contributed by atoms with E-state index in [1.54, 1.807) is 12.1 Å². The Morgan fingerprint density at radius 2 is 1.65 bits per heavy atom. The first kappa shape index (κ1) is 20.8. The number of hydrogen-bond acceptors (Lipinski definition) is 5. The predicted molar refractivity (Wildman–Crippen MR) is 123 cm³/mol. The molecule has 0 radical (unpaired) electrons. The van der Waals surface area contributed by atoms with E-state index in [0.717, 1.165) is 12.0 Å². The highest BCUT2D eigenvalue weighted by Gasteiger charge is 2.67. The Morgan fingerprint density at radius 3 is 2.24 bits per heavy atom. The number of carbonyl (C=O) groups is 3. The first-order valence-corrected chi connectivity index (χ1v) is 11.5. The van der Waals surface area contributed by atoms with Crippen molar-refractivity contribution < 1.29 is 19.3 Å². The van der Waals surface area contributed by atoms with Crippen LogP contribution < -0.4 is 4.90 Å². The number of non-ortho nitro benzene ring substituents is 1. The largest absolute Gasteiger partial charge is 0.290 e. The van der Waals surface area contributed by atoms with Crippen LogP contribution in [-0.4, -0.2) is 34.2 Å². The van der Waals surface area contributed by atoms with Gasteiger partial charge < -0.3 is 0 Å². The monoisotopic (exact) mass is 457 g/mol. The van der Waals surface area contributed by atoms with Gasteiger partial charge >= 0.3 is 0 Å². The summed E-state index contributed by atoms with van der Waals surface area (Å²) in [5.74, 6) is -0.457. The molecule has 7 rings (SSSR count). The maximum Gasteiger partial charge on any atom is 0.270 e. The number of nitrogens with zero attached hydrogens (tertiary/aromatic N) is 3. The Bertz CT molecular complexity index is 1230. The lowest BCUT2D eigenvalue weighted by molar-refractivity contribution is -0.384. The van der Waals surface area contributed by atoms with E-state index in [1.807, 2.05) is 19.1 Å². The Labute approximate surface area is 196 Å². The summed E-state index contributed by atoms with van der Waals surface area (Å²) in [6, 6.07) is 12.7. The van der Waals surface area contributed by atoms with Crippen LogP contribution in [0.3, 0.4) is 0 Å². The van der Waals surface area contributed by atoms with Gasteiger partial charge in [0, 0.05) is 23.4 Å². The third-order valence-corrected chi connectivity index (χ3v) is 7.93. The van der Waals surface area contributed by atoms with Crippen molar-refractivity contribution in [3.8, 4) is 0 Å². The molecule has 0 spiro atoms. The summed E-state index contributed by atoms with van der Waals surface area (Å²) >= 11 is 0. The van der Waals surface area contributed by atoms with Gasteiger partial charge in [0.05, 0.1) is 16.8 Å². The van der Waals surface area contributed by atoms with Crippen LogP contribution in [0.2, 0.25) is 0 Å². The fourth-order valence-electron chi connectivity index (χ4n) is 6.20. The van der Waals surface area contributed by atoms with Gasteiger partial charge in [-0.1, -0.05) is 35.9 Å². The highest BCUT2D eigenvalue weighted by molar-refractivity contribution is 6.10. The summed E-state index contributed by atoms with van der Waals surface area (Å²) in [4.78, 5) is 53.8. The molecule has 0 N–H and O–H groups in total. The first-order valence-electron chi connectivity index (χ1n) is 11.5. The number of allylic oxidation sites excluding steroid dienone is 2. The molecule has 6 atom stereocenters. The summed E-state index contributed by atoms with van der Waals surface area (Å²) in [6.07, 6.45) is 5.30. The molecular weight excluding hydrogens is 434 g/mol. The van der Waals surface area contributed by atoms with Gasteiger partial charge in [-0.3, -0.25) is 34.3 Å². The van der Waals surface area contributed by atoms with Gasteiger partial charge in [-0.15, -0.1) is 0 Å². The SMILES string of the molecule is Cc1ccc(N(CN2C(=O)C3C4C=CC(C5CC45)C3C2=O)C(=O)c2cccc([N+](=O)[O-])c2)cc1. The number of amides is 3. The van der Waals surface area contributed by atoms with Crippen LogP contribution in [0.25, 0.3) is 0 Å². The van der Waals surface area contributed by atoms with Crippen LogP contribution >= 0.6 is 0 Å². The Kier molecular flexibility index (Phi) is 4.49. The van der Waals surface area contributed by atoms with Crippen LogP contribution in [0.5, 0.6) is 0 Å². The molecule has 3 amide bonds. The normalized spacial score (nSPS) is 30.2. The van der Waals surface area contributed by atoms with Crippen molar-refractivity contribution in [2.45, 2.75) is 13.3 Å². The lowest BCUT2D eigenvalue weighted by Crippen LogP contribution is -2.45. The third kappa shape index (κ3) is 3.01. The van der Waals surface area contributed by atoms with Crippen molar-refractivity contribution in [3.05, 3.63) is 81.9 Å². The number of likely N-dealkylation sites (tertiary alicyclic amines) is 1. The van der Waals surface area contributed by atoms with Crippen LogP contribution in [-0.2, 0) is 9.59 Å². The molecule has 2 aromatic carbocycles. The minimum absolute atomic E-state index is 0.0988. The number of aryl methyl sites for hydroxylation is 1. The molecular formula is C26H23N3O5. The molecule has 3 fully saturated rings. The molecule has 5 aliphatic rings. The van der Waals surface area contributed by atoms with Gasteiger partial charge in [0.25, 0.3) is 11.6 Å². The van der Waals surface area contributed by atoms with E-state index in [0.29, 0.717) is 17.5 Å². The zero-order valence-corrected chi connectivity index (χ0v) is 18.5. The second-order valence-corrected chi connectivity index (χ2v) is 9.78. The second-order valence-electron chi connectivity index (χ2n) is 9.78. The Morgan fingerprint density at radius 1 is 1.03 bits per heavy atom. The molecule has 1 saturated heterocycles. The number of rotatable bonds is 5. The summed E-state index contributed by atoms with van der Waals surface area (Å²) in [5, 5.41) is 11.2. The molecule has 1 heterocycles. The van der Waals surface area contributed by atoms with E-state index in [9.17, 15) is 24.5 Å². The second kappa shape index (κ2) is 7.35. The van der Waals surface area contributed by atoms with Crippen LogP contribution in [0, 0.1) is 52.5 Å². The molecule has 2 bridgehead atoms. The van der Waals surface area contributed by atoms with Gasteiger partial charge in [0.15, 0.2) is 0 Å². The van der Waals surface area contributed by atoms with E-state index in [2.05, 4.69) is 12.2 Å². The molecule has 4 aliphatic carbocycles. The topological polar surface area (TPSA) is 101 Å². The van der Waals surface area contributed by atoms with E-state index < -0.39 is 10.8 Å². The number of nitro groups is 1. The smallest absolute Gasteiger partial charge is 0.270 e. The molecule has 2 aromatic rings. The average molecular weight is 457 g/mol. The number of benzene rings is 2. The molecule has 2 saturated carbocycles. The molecule has 8 nitrogen and oxygen atoms in total. The average Bonchev–Trinajstić information content (AvgIpc) is 3.63. The Balaban J connectivity index is 1.34. The van der Waals surface area contributed by atoms with Crippen molar-refractivity contribution in [2.75, 3.05) is 11.6 Å². The van der Waals surface area contributed by atoms with Crippen molar-refractivity contribution in [1.29, 1.82) is 0 Å². The summed E-state index contributed by atoms with van der Waals surface area (Å²) in [7, 11) is 0. The highest BCUT2D eigenvalue weighted by atomic mass is 16.6. The third-order valence-electron chi connectivity index (χ3n) is 7.93. The van der Waals surface area contributed by atoms with E-state index in [1.165, 1.54) is 34.1 Å². The maximum absolute atomic E-state index is 13.6. The fraction of sp³-hybridized carbons (Fsp3) is 0.346. The van der Waals surface area contributed by atoms with Crippen molar-refractivity contribution in [1.82, 2.24) is 4.90 Å². The van der Waals surface area contributed by atoms with Crippen LogP contribution in [0.1, 0.15) is 22.3 Å². The number of imide groups is 1. The quantitative estimate of drug-likeness (QED) is 0.296. The van der Waals surface area contributed by atoms with Crippen molar-refractivity contribution in [2.24, 2.45) is 35.5 Å². The number of anilines is 1. The van der Waals surface area contributed by atoms with Crippen molar-refractivity contribution >= 4 is 29.1 Å². The Hall–Kier alpha value is -3.81. The highest BCUT2D eigenvalue weighted by Crippen LogP contribution is 2.65. The van der Waals surface area contributed by atoms with Gasteiger partial charge in [0.2, 0.25) is 11.8 Å². The minimum atomic E-state index is -0.556. The maximum atomic E-state index is 13.6. The number of nitro benzene ring substituents is 1. The van der Waals surface area contributed by atoms with Crippen molar-refractivity contribution in [3.63, 3.8) is 0 Å². The van der Waals surface area contributed by atoms with Crippen LogP contribution in [0.4, 0.5) is 11.4 Å². The lowest BCUT2D eigenvalue weighted by Gasteiger charge is -2.37. The molecule has 1 aliphatic heterocycles. The number of carbonyl (C=O) groups excluding carboxylic acids is 3. The molecule has 0 aromatic heterocycles. The van der Waals surface area contributed by atoms with Gasteiger partial charge in [-0.25, -0.2) is 0 Å². The molecule has 34 heavy (non-hydrogen) atoms. The first-order chi connectivity index (χ1) is 16.3. The summed E-state index contributed by atoms with van der Waals surface area (Å²) in [6.45, 7) is 1.70. The van der Waals surface area contributed by atoms with E-state index >= 15 is 0 Å². The lowest BCUT2D eigenvalue weighted by atomic mass is 9.63. The fourth-order valence-corrected chi connectivity index (χ4v) is 6.20. The zero-order valence-electron chi connectivity index (χ0n) is 18.5. The molecule has 8 heteroatoms. The number of hydrogen-bond donors (Lipinski definition) is 0. The van der Waals surface area contributed by atoms with Gasteiger partial charge in [0.1, 0.15) is 6.67 Å². The van der Waals surface area contributed by atoms with E-state index in [-0.39, 0.29) is 53.4 Å². The molecule has 6 unspecified atom stereocenters. The van der Waals surface area contributed by atoms with Gasteiger partial charge in [-0.05, 0) is 55.2 Å². The minimum Gasteiger partial charge on any atom is -0.290 e. The standard InChI is InChI=1S/C26H23N3O5/c1-14-5-7-16(8-6-14)27(24(30)15-3-2-4-17(11-15)29(33)34)13-28-25(31)22-18-9-10-19(21-12-20(18)21)23(22)26(28)32/h2-11,18-23H,12-13H2,1H3. The van der Waals surface area contributed by atoms with E-state index in [4.69, 9.17) is 0 Å². The summed E-state index contributed by atoms with van der Waals surface area (Å²) in [5.41, 5.74) is 1.43. The van der Waals surface area contributed by atoms with Crippen LogP contribution in [0.15, 0.2) is 60.7 Å². The predicted octanol–water partition coefficient (Wildman–Crippen LogP) is 3.56. The zero-order chi connectivity index (χ0) is 23.7. The molecule has 172 valence electrons. The van der Waals surface area contributed by atoms with Gasteiger partial charge in [-0.2, -0.15) is 0 Å².